The predicted molar refractivity (Wildman–Crippen MR) is 148 cm³/mol. The smallest absolute Gasteiger partial charge is 0.410 e. The lowest BCUT2D eigenvalue weighted by molar-refractivity contribution is 0.00473. The molecule has 0 aromatic carbocycles. The normalized spacial score (nSPS) is 17.5. The molecule has 0 aromatic heterocycles. The monoisotopic (exact) mass is 592 g/mol. The van der Waals surface area contributed by atoms with E-state index in [9.17, 15) is 14.4 Å². The van der Waals surface area contributed by atoms with Gasteiger partial charge in [-0.25, -0.2) is 14.4 Å². The molecule has 11 heteroatoms. The Morgan fingerprint density at radius 3 is 1.08 bits per heavy atom. The zero-order valence-electron chi connectivity index (χ0n) is 24.4. The van der Waals surface area contributed by atoms with Gasteiger partial charge in [0.25, 0.3) is 0 Å². The zero-order chi connectivity index (χ0) is 28.4. The van der Waals surface area contributed by atoms with Crippen LogP contribution >= 0.6 is 15.9 Å². The fourth-order valence-corrected chi connectivity index (χ4v) is 3.74. The van der Waals surface area contributed by atoms with Crippen molar-refractivity contribution in [3.8, 4) is 0 Å². The minimum atomic E-state index is -0.674. The molecule has 0 saturated carbocycles. The van der Waals surface area contributed by atoms with E-state index >= 15 is 0 Å². The van der Waals surface area contributed by atoms with Gasteiger partial charge in [0.2, 0.25) is 0 Å². The molecule has 1 saturated heterocycles. The molecule has 1 heterocycles. The Bertz CT molecular complexity index is 701. The maximum atomic E-state index is 13.0. The molecule has 0 unspecified atom stereocenters. The second kappa shape index (κ2) is 14.4. The topological polar surface area (TPSA) is 91.9 Å². The van der Waals surface area contributed by atoms with E-state index in [1.54, 1.807) is 14.7 Å². The Balaban J connectivity index is 3.21. The van der Waals surface area contributed by atoms with Crippen LogP contribution in [0.1, 0.15) is 68.7 Å². The van der Waals surface area contributed by atoms with Gasteiger partial charge in [-0.3, -0.25) is 4.90 Å². The molecule has 3 amide bonds. The largest absolute Gasteiger partial charge is 0.444 e. The van der Waals surface area contributed by atoms with Crippen molar-refractivity contribution in [2.45, 2.75) is 85.5 Å². The summed E-state index contributed by atoms with van der Waals surface area (Å²) in [7, 11) is 0. The highest BCUT2D eigenvalue weighted by molar-refractivity contribution is 9.09. The lowest BCUT2D eigenvalue weighted by Gasteiger charge is -2.35. The summed E-state index contributed by atoms with van der Waals surface area (Å²) in [5.74, 6) is 0. The fraction of sp³-hybridized carbons (Fsp3) is 0.885. The predicted octanol–water partition coefficient (Wildman–Crippen LogP) is 4.80. The first-order valence-electron chi connectivity index (χ1n) is 13.1. The van der Waals surface area contributed by atoms with Crippen LogP contribution in [-0.4, -0.2) is 119 Å². The molecule has 1 fully saturated rings. The molecule has 1 aliphatic rings. The van der Waals surface area contributed by atoms with E-state index in [4.69, 9.17) is 14.2 Å². The highest BCUT2D eigenvalue weighted by Gasteiger charge is 2.29. The first-order chi connectivity index (χ1) is 16.9. The Morgan fingerprint density at radius 2 is 0.838 bits per heavy atom. The minimum absolute atomic E-state index is 0.248. The van der Waals surface area contributed by atoms with Gasteiger partial charge in [-0.05, 0) is 75.3 Å². The van der Waals surface area contributed by atoms with Gasteiger partial charge in [-0.2, -0.15) is 0 Å². The number of rotatable bonds is 3. The van der Waals surface area contributed by atoms with Gasteiger partial charge in [0.15, 0.2) is 0 Å². The van der Waals surface area contributed by atoms with Crippen molar-refractivity contribution in [3.63, 3.8) is 0 Å². The third-order valence-electron chi connectivity index (χ3n) is 5.22. The van der Waals surface area contributed by atoms with Crippen molar-refractivity contribution in [3.05, 3.63) is 0 Å². The van der Waals surface area contributed by atoms with E-state index in [1.807, 2.05) is 62.3 Å². The molecule has 216 valence electrons. The molecule has 0 N–H and O–H groups in total. The van der Waals surface area contributed by atoms with Gasteiger partial charge in [0, 0.05) is 57.7 Å². The summed E-state index contributed by atoms with van der Waals surface area (Å²) in [6.45, 7) is 20.4. The maximum Gasteiger partial charge on any atom is 0.410 e. The second-order valence-electron chi connectivity index (χ2n) is 12.3. The summed E-state index contributed by atoms with van der Waals surface area (Å²) in [6.07, 6.45) is -0.378. The number of amides is 3. The Morgan fingerprint density at radius 1 is 0.568 bits per heavy atom. The first-order valence-corrected chi connectivity index (χ1v) is 14.2. The maximum absolute atomic E-state index is 13.0. The summed E-state index contributed by atoms with van der Waals surface area (Å²) in [6, 6.07) is 0. The summed E-state index contributed by atoms with van der Waals surface area (Å²) in [4.78, 5) is 46.1. The summed E-state index contributed by atoms with van der Waals surface area (Å²) >= 11 is 3.49. The molecule has 0 radical (unpaired) electrons. The van der Waals surface area contributed by atoms with Crippen LogP contribution in [0, 0.1) is 0 Å². The first kappa shape index (κ1) is 33.3. The van der Waals surface area contributed by atoms with Gasteiger partial charge >= 0.3 is 18.3 Å². The Kier molecular flexibility index (Phi) is 13.0. The van der Waals surface area contributed by atoms with E-state index in [0.29, 0.717) is 26.2 Å². The molecule has 0 bridgehead atoms. The number of nitrogens with zero attached hydrogens (tertiary/aromatic N) is 4. The van der Waals surface area contributed by atoms with E-state index in [-0.39, 0.29) is 26.2 Å². The molecule has 1 aliphatic heterocycles. The second-order valence-corrected chi connectivity index (χ2v) is 13.1. The van der Waals surface area contributed by atoms with Gasteiger partial charge in [-0.1, -0.05) is 15.9 Å². The number of ether oxygens (including phenoxy) is 3. The zero-order valence-corrected chi connectivity index (χ0v) is 26.0. The summed E-state index contributed by atoms with van der Waals surface area (Å²) < 4.78 is 16.9. The third kappa shape index (κ3) is 14.7. The van der Waals surface area contributed by atoms with Crippen LogP contribution in [0.15, 0.2) is 0 Å². The average Bonchev–Trinajstić information content (AvgIpc) is 2.69. The molecule has 10 nitrogen and oxygen atoms in total. The highest BCUT2D eigenvalue weighted by Crippen LogP contribution is 2.15. The Labute approximate surface area is 232 Å². The highest BCUT2D eigenvalue weighted by atomic mass is 79.9. The molecular weight excluding hydrogens is 544 g/mol. The number of halogens is 1. The SMILES string of the molecule is CC(C)(C)OC(=O)N1CCN(CCCBr)CCN(C(=O)OC(C)(C)C)CCN(C(=O)OC(C)(C)C)CC1. The van der Waals surface area contributed by atoms with E-state index in [1.165, 1.54) is 0 Å². The van der Waals surface area contributed by atoms with Gasteiger partial charge in [0.05, 0.1) is 0 Å². The van der Waals surface area contributed by atoms with Crippen LogP contribution in [0.4, 0.5) is 14.4 Å². The number of carbonyl (C=O) groups is 3. The van der Waals surface area contributed by atoms with Crippen molar-refractivity contribution in [1.29, 1.82) is 0 Å². The average molecular weight is 594 g/mol. The van der Waals surface area contributed by atoms with Crippen LogP contribution in [0.2, 0.25) is 0 Å². The van der Waals surface area contributed by atoms with Crippen LogP contribution in [-0.2, 0) is 14.2 Å². The van der Waals surface area contributed by atoms with Crippen LogP contribution in [0.25, 0.3) is 0 Å². The van der Waals surface area contributed by atoms with Gasteiger partial charge < -0.3 is 28.9 Å². The molecule has 0 aromatic rings. The van der Waals surface area contributed by atoms with E-state index < -0.39 is 35.1 Å². The lowest BCUT2D eigenvalue weighted by atomic mass is 10.2. The lowest BCUT2D eigenvalue weighted by Crippen LogP contribution is -2.51. The van der Waals surface area contributed by atoms with Crippen molar-refractivity contribution >= 4 is 34.2 Å². The van der Waals surface area contributed by atoms with Crippen molar-refractivity contribution in [1.82, 2.24) is 19.6 Å². The third-order valence-corrected chi connectivity index (χ3v) is 5.78. The van der Waals surface area contributed by atoms with E-state index in [2.05, 4.69) is 20.8 Å². The van der Waals surface area contributed by atoms with Crippen molar-refractivity contribution in [2.75, 3.05) is 64.2 Å². The number of hydrogen-bond donors (Lipinski definition) is 0. The Hall–Kier alpha value is -1.75. The van der Waals surface area contributed by atoms with Crippen LogP contribution < -0.4 is 0 Å². The number of carbonyl (C=O) groups excluding carboxylic acids is 3. The van der Waals surface area contributed by atoms with Crippen molar-refractivity contribution in [2.24, 2.45) is 0 Å². The van der Waals surface area contributed by atoms with Crippen molar-refractivity contribution < 1.29 is 28.6 Å². The quantitative estimate of drug-likeness (QED) is 0.343. The van der Waals surface area contributed by atoms with Crippen LogP contribution in [0.3, 0.4) is 0 Å². The van der Waals surface area contributed by atoms with Crippen LogP contribution in [0.5, 0.6) is 0 Å². The van der Waals surface area contributed by atoms with E-state index in [0.717, 1.165) is 18.3 Å². The van der Waals surface area contributed by atoms with Gasteiger partial charge in [0.1, 0.15) is 16.8 Å². The minimum Gasteiger partial charge on any atom is -0.444 e. The molecule has 1 rings (SSSR count). The molecule has 0 spiro atoms. The number of alkyl halides is 1. The number of hydrogen-bond acceptors (Lipinski definition) is 7. The summed E-state index contributed by atoms with van der Waals surface area (Å²) in [5.41, 5.74) is -1.93. The summed E-state index contributed by atoms with van der Waals surface area (Å²) in [5, 5.41) is 0.861. The standard InChI is InChI=1S/C26H49BrN4O6/c1-24(2,3)35-21(32)29-15-13-28(12-10-11-27)14-16-30(22(33)36-25(4,5)6)18-20-31(19-17-29)23(34)37-26(7,8)9/h10-20H2,1-9H3. The molecule has 37 heavy (non-hydrogen) atoms. The fourth-order valence-electron chi connectivity index (χ4n) is 3.49. The van der Waals surface area contributed by atoms with Gasteiger partial charge in [-0.15, -0.1) is 0 Å². The molecular formula is C26H49BrN4O6. The molecule has 0 atom stereocenters. The molecule has 0 aliphatic carbocycles.